The van der Waals surface area contributed by atoms with Gasteiger partial charge in [-0.05, 0) is 49.9 Å². The van der Waals surface area contributed by atoms with Gasteiger partial charge in [-0.25, -0.2) is 13.4 Å². The van der Waals surface area contributed by atoms with Gasteiger partial charge in [-0.2, -0.15) is 4.31 Å². The molecule has 0 radical (unpaired) electrons. The number of amides is 1. The maximum atomic E-state index is 12.7. The minimum Gasteiger partial charge on any atom is -0.322 e. The van der Waals surface area contributed by atoms with Gasteiger partial charge in [0, 0.05) is 24.8 Å². The predicted molar refractivity (Wildman–Crippen MR) is 113 cm³/mol. The summed E-state index contributed by atoms with van der Waals surface area (Å²) >= 11 is 0. The second-order valence-electron chi connectivity index (χ2n) is 7.53. The number of carbonyl (C=O) groups excluding carboxylic acids is 1. The zero-order valence-corrected chi connectivity index (χ0v) is 18.1. The van der Waals surface area contributed by atoms with Crippen LogP contribution in [0.5, 0.6) is 0 Å². The number of benzene rings is 1. The molecule has 2 N–H and O–H groups in total. The van der Waals surface area contributed by atoms with E-state index in [-0.39, 0.29) is 17.3 Å². The molecule has 3 rings (SSSR count). The summed E-state index contributed by atoms with van der Waals surface area (Å²) in [6.07, 6.45) is 4.38. The number of aryl methyl sites for hydroxylation is 1. The highest BCUT2D eigenvalue weighted by molar-refractivity contribution is 7.89. The van der Waals surface area contributed by atoms with E-state index in [2.05, 4.69) is 10.3 Å². The molecule has 2 aromatic rings. The van der Waals surface area contributed by atoms with Crippen LogP contribution in [0, 0.1) is 13.8 Å². The van der Waals surface area contributed by atoms with E-state index in [4.69, 9.17) is 0 Å². The number of hydrogen-bond donors (Lipinski definition) is 1. The van der Waals surface area contributed by atoms with Crippen molar-refractivity contribution < 1.29 is 18.2 Å². The van der Waals surface area contributed by atoms with Crippen LogP contribution < -0.4 is 15.2 Å². The fraction of sp³-hybridized carbons (Fsp3) is 0.429. The van der Waals surface area contributed by atoms with Crippen molar-refractivity contribution >= 4 is 27.4 Å². The molecule has 156 valence electrons. The third-order valence-electron chi connectivity index (χ3n) is 5.39. The van der Waals surface area contributed by atoms with Crippen LogP contribution in [0.25, 0.3) is 0 Å². The van der Waals surface area contributed by atoms with E-state index in [0.717, 1.165) is 36.1 Å². The first kappa shape index (κ1) is 21.3. The topological polar surface area (TPSA) is 83.9 Å². The highest BCUT2D eigenvalue weighted by Gasteiger charge is 2.27. The smallest absolute Gasteiger partial charge is 0.274 e. The van der Waals surface area contributed by atoms with Crippen LogP contribution in [-0.4, -0.2) is 45.3 Å². The summed E-state index contributed by atoms with van der Waals surface area (Å²) in [6.45, 7) is 5.27. The van der Waals surface area contributed by atoms with E-state index in [1.807, 2.05) is 32.0 Å². The van der Waals surface area contributed by atoms with Gasteiger partial charge in [-0.1, -0.05) is 18.6 Å². The molecule has 1 aliphatic rings. The van der Waals surface area contributed by atoms with Gasteiger partial charge in [0.2, 0.25) is 10.0 Å². The average Bonchev–Trinajstić information content (AvgIpc) is 2.72. The minimum atomic E-state index is -3.47. The van der Waals surface area contributed by atoms with Crippen molar-refractivity contribution in [3.8, 4) is 0 Å². The molecule has 7 nitrogen and oxygen atoms in total. The molecule has 0 aliphatic carbocycles. The van der Waals surface area contributed by atoms with Crippen LogP contribution in [0.1, 0.15) is 30.4 Å². The highest BCUT2D eigenvalue weighted by Crippen LogP contribution is 2.21. The van der Waals surface area contributed by atoms with Gasteiger partial charge < -0.3 is 5.32 Å². The molecule has 8 heteroatoms. The van der Waals surface area contributed by atoms with Crippen molar-refractivity contribution in [1.29, 1.82) is 0 Å². The summed E-state index contributed by atoms with van der Waals surface area (Å²) in [6, 6.07) is 9.09. The lowest BCUT2D eigenvalue weighted by atomic mass is 10.1. The van der Waals surface area contributed by atoms with Gasteiger partial charge in [0.25, 0.3) is 11.7 Å². The number of H-pyrrole nitrogens is 1. The van der Waals surface area contributed by atoms with Crippen molar-refractivity contribution in [1.82, 2.24) is 4.31 Å². The van der Waals surface area contributed by atoms with Crippen LogP contribution >= 0.6 is 0 Å². The molecule has 0 atom stereocenters. The van der Waals surface area contributed by atoms with E-state index < -0.39 is 10.0 Å². The van der Waals surface area contributed by atoms with Crippen LogP contribution in [0.2, 0.25) is 0 Å². The monoisotopic (exact) mass is 417 g/mol. The lowest BCUT2D eigenvalue weighted by Gasteiger charge is -2.25. The maximum Gasteiger partial charge on any atom is 0.274 e. The molecule has 0 unspecified atom stereocenters. The number of aromatic amines is 1. The first-order valence-electron chi connectivity index (χ1n) is 9.88. The Morgan fingerprint density at radius 3 is 2.52 bits per heavy atom. The third kappa shape index (κ3) is 4.94. The number of likely N-dealkylation sites (N-methyl/N-ethyl adjacent to an activating group) is 1. The molecule has 0 saturated carbocycles. The van der Waals surface area contributed by atoms with Gasteiger partial charge in [-0.3, -0.25) is 9.69 Å². The van der Waals surface area contributed by atoms with Crippen LogP contribution in [-0.2, 0) is 14.8 Å². The summed E-state index contributed by atoms with van der Waals surface area (Å²) in [5.41, 5.74) is 2.97. The van der Waals surface area contributed by atoms with Crippen molar-refractivity contribution in [2.75, 3.05) is 36.9 Å². The summed E-state index contributed by atoms with van der Waals surface area (Å²) in [4.78, 5) is 17.4. The number of carbonyl (C=O) groups is 1. The molecular weight excluding hydrogens is 388 g/mol. The van der Waals surface area contributed by atoms with Gasteiger partial charge in [-0.15, -0.1) is 0 Å². The first-order chi connectivity index (χ1) is 13.8. The zero-order valence-electron chi connectivity index (χ0n) is 17.2. The van der Waals surface area contributed by atoms with Crippen molar-refractivity contribution in [3.05, 3.63) is 47.7 Å². The Morgan fingerprint density at radius 1 is 1.14 bits per heavy atom. The molecule has 1 saturated heterocycles. The number of anilines is 2. The fourth-order valence-corrected chi connectivity index (χ4v) is 4.92. The standard InChI is InChI=1S/C21H28N4O3S/c1-16-8-7-9-19(17(16)2)23-21(26)15-24(3)20-11-10-18(14-22-20)29(27,28)25-12-5-4-6-13-25/h7-11,14H,4-6,12-13,15H2,1-3H3,(H,23,26)/p+1. The van der Waals surface area contributed by atoms with Gasteiger partial charge in [0.1, 0.15) is 11.1 Å². The van der Waals surface area contributed by atoms with Crippen molar-refractivity contribution in [2.45, 2.75) is 38.0 Å². The van der Waals surface area contributed by atoms with Gasteiger partial charge >= 0.3 is 0 Å². The number of piperidine rings is 1. The average molecular weight is 418 g/mol. The highest BCUT2D eigenvalue weighted by atomic mass is 32.2. The molecular formula is C21H29N4O3S+. The van der Waals surface area contributed by atoms with Gasteiger partial charge in [0.15, 0.2) is 6.54 Å². The van der Waals surface area contributed by atoms with E-state index >= 15 is 0 Å². The summed E-state index contributed by atoms with van der Waals surface area (Å²) in [5, 5.41) is 2.93. The first-order valence-corrected chi connectivity index (χ1v) is 11.3. The lowest BCUT2D eigenvalue weighted by molar-refractivity contribution is -0.366. The Labute approximate surface area is 172 Å². The van der Waals surface area contributed by atoms with Crippen molar-refractivity contribution in [3.63, 3.8) is 0 Å². The normalized spacial score (nSPS) is 15.1. The second-order valence-corrected chi connectivity index (χ2v) is 9.46. The molecule has 1 aromatic carbocycles. The number of pyridine rings is 1. The van der Waals surface area contributed by atoms with Gasteiger partial charge in [0.05, 0.1) is 7.05 Å². The Bertz CT molecular complexity index is 968. The molecule has 0 bridgehead atoms. The van der Waals surface area contributed by atoms with E-state index in [0.29, 0.717) is 18.9 Å². The van der Waals surface area contributed by atoms with E-state index in [9.17, 15) is 13.2 Å². The molecule has 0 spiro atoms. The SMILES string of the molecule is Cc1cccc(NC(=O)CN(C)c2ccc(S(=O)(=O)N3CCCCC3)c[nH+]2)c1C. The molecule has 1 fully saturated rings. The Morgan fingerprint density at radius 2 is 1.86 bits per heavy atom. The second kappa shape index (κ2) is 8.92. The summed E-state index contributed by atoms with van der Waals surface area (Å²) in [7, 11) is -1.69. The minimum absolute atomic E-state index is 0.139. The zero-order chi connectivity index (χ0) is 21.0. The van der Waals surface area contributed by atoms with Crippen molar-refractivity contribution in [2.24, 2.45) is 0 Å². The molecule has 29 heavy (non-hydrogen) atoms. The lowest BCUT2D eigenvalue weighted by Crippen LogP contribution is -2.37. The summed E-state index contributed by atoms with van der Waals surface area (Å²) < 4.78 is 27.0. The number of nitrogens with zero attached hydrogens (tertiary/aromatic N) is 2. The van der Waals surface area contributed by atoms with Crippen LogP contribution in [0.15, 0.2) is 41.4 Å². The maximum absolute atomic E-state index is 12.7. The van der Waals surface area contributed by atoms with Crippen LogP contribution in [0.3, 0.4) is 0 Å². The molecule has 2 heterocycles. The Kier molecular flexibility index (Phi) is 6.54. The Hall–Kier alpha value is -2.45. The largest absolute Gasteiger partial charge is 0.322 e. The predicted octanol–water partition coefficient (Wildman–Crippen LogP) is 2.37. The number of hydrogen-bond acceptors (Lipinski definition) is 4. The Balaban J connectivity index is 1.64. The number of nitrogens with one attached hydrogen (secondary N) is 2. The quantitative estimate of drug-likeness (QED) is 0.782. The number of rotatable bonds is 6. The number of sulfonamides is 1. The number of aromatic nitrogens is 1. The van der Waals surface area contributed by atoms with E-state index in [1.165, 1.54) is 6.20 Å². The van der Waals surface area contributed by atoms with Crippen LogP contribution in [0.4, 0.5) is 11.5 Å². The van der Waals surface area contributed by atoms with E-state index in [1.54, 1.807) is 28.4 Å². The molecule has 1 aliphatic heterocycles. The summed E-state index contributed by atoms with van der Waals surface area (Å²) in [5.74, 6) is 0.526. The molecule has 1 amide bonds. The molecule has 1 aromatic heterocycles. The third-order valence-corrected chi connectivity index (χ3v) is 7.29. The fourth-order valence-electron chi connectivity index (χ4n) is 3.43.